The summed E-state index contributed by atoms with van der Waals surface area (Å²) in [6.45, 7) is 7.23. The molecule has 1 N–H and O–H groups in total. The Morgan fingerprint density at radius 1 is 1.12 bits per heavy atom. The topological polar surface area (TPSA) is 44.8 Å². The van der Waals surface area contributed by atoms with Gasteiger partial charge in [0.05, 0.1) is 18.2 Å². The molecule has 0 spiro atoms. The minimum atomic E-state index is -0.243. The van der Waals surface area contributed by atoms with Gasteiger partial charge < -0.3 is 19.9 Å². The number of likely N-dealkylation sites (tertiary alicyclic amines) is 1. The maximum atomic E-state index is 13.4. The Labute approximate surface area is 190 Å². The fourth-order valence-electron chi connectivity index (χ4n) is 4.62. The number of rotatable bonds is 8. The maximum Gasteiger partial charge on any atom is 0.222 e. The maximum absolute atomic E-state index is 13.4. The lowest BCUT2D eigenvalue weighted by atomic mass is 10.0. The number of carbonyl (C=O) groups excluding carboxylic acids is 1. The van der Waals surface area contributed by atoms with E-state index in [1.165, 1.54) is 44.5 Å². The summed E-state index contributed by atoms with van der Waals surface area (Å²) in [6.07, 6.45) is 5.28. The highest BCUT2D eigenvalue weighted by Crippen LogP contribution is 2.36. The molecule has 2 aliphatic rings. The summed E-state index contributed by atoms with van der Waals surface area (Å²) >= 11 is 0. The molecule has 2 aromatic rings. The summed E-state index contributed by atoms with van der Waals surface area (Å²) in [7, 11) is 0. The zero-order chi connectivity index (χ0) is 22.3. The van der Waals surface area contributed by atoms with Crippen LogP contribution in [-0.4, -0.2) is 49.6 Å². The molecule has 2 heterocycles. The lowest BCUT2D eigenvalue weighted by Crippen LogP contribution is -2.45. The van der Waals surface area contributed by atoms with Gasteiger partial charge in [0.15, 0.2) is 0 Å². The number of piperidine rings is 1. The summed E-state index contributed by atoms with van der Waals surface area (Å²) in [5.41, 5.74) is 3.12. The van der Waals surface area contributed by atoms with Gasteiger partial charge in [-0.2, -0.15) is 0 Å². The van der Waals surface area contributed by atoms with Crippen LogP contribution >= 0.6 is 0 Å². The second-order valence-corrected chi connectivity index (χ2v) is 9.00. The standard InChI is InChI=1S/C26H34FN3O2/c1-20-6-11-24-25(16-20)32-19-23(30(24)18-21-7-9-22(27)10-8-21)17-26(31)28-12-5-15-29-13-3-2-4-14-29/h6-11,16,23H,2-5,12-15,17-19H2,1H3,(H,28,31)/t23-/m0/s1. The largest absolute Gasteiger partial charge is 0.489 e. The van der Waals surface area contributed by atoms with Crippen LogP contribution in [0.4, 0.5) is 10.1 Å². The molecule has 32 heavy (non-hydrogen) atoms. The first kappa shape index (κ1) is 22.6. The van der Waals surface area contributed by atoms with E-state index < -0.39 is 0 Å². The van der Waals surface area contributed by atoms with E-state index in [9.17, 15) is 9.18 Å². The highest BCUT2D eigenvalue weighted by Gasteiger charge is 2.29. The van der Waals surface area contributed by atoms with Crippen molar-refractivity contribution >= 4 is 11.6 Å². The molecule has 172 valence electrons. The summed E-state index contributed by atoms with van der Waals surface area (Å²) in [4.78, 5) is 17.4. The summed E-state index contributed by atoms with van der Waals surface area (Å²) in [6, 6.07) is 12.6. The highest BCUT2D eigenvalue weighted by molar-refractivity contribution is 5.77. The van der Waals surface area contributed by atoms with Crippen LogP contribution < -0.4 is 15.0 Å². The Balaban J connectivity index is 1.36. The third-order valence-corrected chi connectivity index (χ3v) is 6.41. The zero-order valence-electron chi connectivity index (χ0n) is 19.0. The number of amides is 1. The van der Waals surface area contributed by atoms with Crippen LogP contribution in [0.15, 0.2) is 42.5 Å². The van der Waals surface area contributed by atoms with E-state index in [-0.39, 0.29) is 17.8 Å². The molecule has 0 unspecified atom stereocenters. The summed E-state index contributed by atoms with van der Waals surface area (Å²) in [5, 5.41) is 3.10. The summed E-state index contributed by atoms with van der Waals surface area (Å²) < 4.78 is 19.4. The van der Waals surface area contributed by atoms with Crippen LogP contribution in [0, 0.1) is 12.7 Å². The molecule has 1 fully saturated rings. The van der Waals surface area contributed by atoms with Crippen molar-refractivity contribution in [2.45, 2.75) is 51.6 Å². The van der Waals surface area contributed by atoms with Gasteiger partial charge in [0, 0.05) is 13.1 Å². The van der Waals surface area contributed by atoms with Gasteiger partial charge in [0.2, 0.25) is 5.91 Å². The molecule has 6 heteroatoms. The molecule has 0 saturated carbocycles. The van der Waals surface area contributed by atoms with Crippen molar-refractivity contribution < 1.29 is 13.9 Å². The van der Waals surface area contributed by atoms with Crippen LogP contribution in [-0.2, 0) is 11.3 Å². The van der Waals surface area contributed by atoms with E-state index >= 15 is 0 Å². The lowest BCUT2D eigenvalue weighted by molar-refractivity contribution is -0.121. The minimum absolute atomic E-state index is 0.0527. The Morgan fingerprint density at radius 3 is 2.69 bits per heavy atom. The first-order chi connectivity index (χ1) is 15.6. The number of ether oxygens (including phenoxy) is 1. The van der Waals surface area contributed by atoms with Gasteiger partial charge in [-0.25, -0.2) is 4.39 Å². The van der Waals surface area contributed by atoms with E-state index in [4.69, 9.17) is 4.74 Å². The van der Waals surface area contributed by atoms with Crippen molar-refractivity contribution in [1.29, 1.82) is 0 Å². The SMILES string of the molecule is Cc1ccc2c(c1)OC[C@H](CC(=O)NCCCN1CCCCC1)N2Cc1ccc(F)cc1. The minimum Gasteiger partial charge on any atom is -0.489 e. The van der Waals surface area contributed by atoms with E-state index in [1.807, 2.05) is 13.0 Å². The van der Waals surface area contributed by atoms with Crippen molar-refractivity contribution in [3.05, 3.63) is 59.4 Å². The fraction of sp³-hybridized carbons (Fsp3) is 0.500. The average molecular weight is 440 g/mol. The van der Waals surface area contributed by atoms with Crippen molar-refractivity contribution in [3.8, 4) is 5.75 Å². The number of anilines is 1. The van der Waals surface area contributed by atoms with Gasteiger partial charge in [-0.1, -0.05) is 24.6 Å². The third-order valence-electron chi connectivity index (χ3n) is 6.41. The number of hydrogen-bond acceptors (Lipinski definition) is 4. The van der Waals surface area contributed by atoms with Crippen LogP contribution in [0.5, 0.6) is 5.75 Å². The molecule has 1 amide bonds. The Kier molecular flexibility index (Phi) is 7.63. The molecular formula is C26H34FN3O2. The Bertz CT molecular complexity index is 896. The number of aryl methyl sites for hydroxylation is 1. The number of fused-ring (bicyclic) bond motifs is 1. The quantitative estimate of drug-likeness (QED) is 0.624. The molecule has 0 aromatic heterocycles. The number of nitrogens with one attached hydrogen (secondary N) is 1. The molecule has 0 bridgehead atoms. The van der Waals surface area contributed by atoms with Crippen molar-refractivity contribution in [3.63, 3.8) is 0 Å². The van der Waals surface area contributed by atoms with E-state index in [1.54, 1.807) is 12.1 Å². The van der Waals surface area contributed by atoms with Gasteiger partial charge in [-0.15, -0.1) is 0 Å². The van der Waals surface area contributed by atoms with Crippen LogP contribution in [0.1, 0.15) is 43.2 Å². The number of halogens is 1. The third kappa shape index (κ3) is 6.00. The summed E-state index contributed by atoms with van der Waals surface area (Å²) in [5.74, 6) is 0.648. The van der Waals surface area contributed by atoms with Gasteiger partial charge in [0.1, 0.15) is 18.2 Å². The highest BCUT2D eigenvalue weighted by atomic mass is 19.1. The number of benzene rings is 2. The van der Waals surface area contributed by atoms with Crippen molar-refractivity contribution in [2.24, 2.45) is 0 Å². The Morgan fingerprint density at radius 2 is 1.91 bits per heavy atom. The number of hydrogen-bond donors (Lipinski definition) is 1. The first-order valence-corrected chi connectivity index (χ1v) is 11.8. The van der Waals surface area contributed by atoms with E-state index in [2.05, 4.69) is 27.2 Å². The molecule has 4 rings (SSSR count). The molecular weight excluding hydrogens is 405 g/mol. The second-order valence-electron chi connectivity index (χ2n) is 9.00. The molecule has 1 saturated heterocycles. The van der Waals surface area contributed by atoms with Crippen molar-refractivity contribution in [2.75, 3.05) is 37.7 Å². The van der Waals surface area contributed by atoms with Gasteiger partial charge in [-0.05, 0) is 81.2 Å². The predicted octanol–water partition coefficient (Wildman–Crippen LogP) is 4.28. The van der Waals surface area contributed by atoms with E-state index in [0.29, 0.717) is 26.1 Å². The molecule has 2 aliphatic heterocycles. The van der Waals surface area contributed by atoms with Gasteiger partial charge in [-0.3, -0.25) is 4.79 Å². The number of carbonyl (C=O) groups is 1. The second kappa shape index (κ2) is 10.8. The van der Waals surface area contributed by atoms with E-state index in [0.717, 1.165) is 35.5 Å². The molecule has 5 nitrogen and oxygen atoms in total. The number of nitrogens with zero attached hydrogens (tertiary/aromatic N) is 2. The fourth-order valence-corrected chi connectivity index (χ4v) is 4.62. The normalized spacial score (nSPS) is 18.7. The Hall–Kier alpha value is -2.60. The lowest BCUT2D eigenvalue weighted by Gasteiger charge is -2.38. The first-order valence-electron chi connectivity index (χ1n) is 11.8. The molecule has 0 radical (unpaired) electrons. The van der Waals surface area contributed by atoms with Crippen molar-refractivity contribution in [1.82, 2.24) is 10.2 Å². The smallest absolute Gasteiger partial charge is 0.222 e. The van der Waals surface area contributed by atoms with Crippen LogP contribution in [0.3, 0.4) is 0 Å². The zero-order valence-corrected chi connectivity index (χ0v) is 19.0. The van der Waals surface area contributed by atoms with Gasteiger partial charge >= 0.3 is 0 Å². The molecule has 1 atom stereocenters. The predicted molar refractivity (Wildman–Crippen MR) is 126 cm³/mol. The van der Waals surface area contributed by atoms with Gasteiger partial charge in [0.25, 0.3) is 0 Å². The molecule has 2 aromatic carbocycles. The molecule has 0 aliphatic carbocycles. The average Bonchev–Trinajstić information content (AvgIpc) is 2.80. The monoisotopic (exact) mass is 439 g/mol. The van der Waals surface area contributed by atoms with Crippen LogP contribution in [0.2, 0.25) is 0 Å². The van der Waals surface area contributed by atoms with Crippen LogP contribution in [0.25, 0.3) is 0 Å².